The zero-order valence-electron chi connectivity index (χ0n) is 15.8. The van der Waals surface area contributed by atoms with E-state index in [1.54, 1.807) is 13.8 Å². The molecule has 1 aliphatic heterocycles. The van der Waals surface area contributed by atoms with E-state index in [4.69, 9.17) is 14.6 Å². The monoisotopic (exact) mass is 366 g/mol. The second-order valence-electron chi connectivity index (χ2n) is 7.56. The molecule has 5 atom stereocenters. The van der Waals surface area contributed by atoms with Gasteiger partial charge in [-0.2, -0.15) is 0 Å². The number of esters is 2. The first-order valence-electron chi connectivity index (χ1n) is 9.32. The second-order valence-corrected chi connectivity index (χ2v) is 7.56. The molecule has 0 radical (unpaired) electrons. The number of aliphatic hydroxyl groups is 2. The number of hydrogen-bond acceptors (Lipinski definition) is 6. The summed E-state index contributed by atoms with van der Waals surface area (Å²) in [5.41, 5.74) is 1.91. The van der Waals surface area contributed by atoms with Gasteiger partial charge in [-0.25, -0.2) is 0 Å². The molecule has 26 heavy (non-hydrogen) atoms. The zero-order chi connectivity index (χ0) is 19.3. The Kier molecular flexibility index (Phi) is 7.41. The molecular formula is C20H30O6. The summed E-state index contributed by atoms with van der Waals surface area (Å²) in [4.78, 5) is 24.5. The molecule has 1 saturated heterocycles. The third-order valence-corrected chi connectivity index (χ3v) is 5.20. The average Bonchev–Trinajstić information content (AvgIpc) is 2.86. The predicted octanol–water partition coefficient (Wildman–Crippen LogP) is 2.14. The van der Waals surface area contributed by atoms with Gasteiger partial charge in [-0.3, -0.25) is 9.59 Å². The summed E-state index contributed by atoms with van der Waals surface area (Å²) in [6, 6.07) is 0. The van der Waals surface area contributed by atoms with Gasteiger partial charge in [-0.15, -0.1) is 0 Å². The van der Waals surface area contributed by atoms with Gasteiger partial charge in [-0.05, 0) is 37.3 Å². The molecule has 0 aromatic heterocycles. The van der Waals surface area contributed by atoms with Gasteiger partial charge in [0.15, 0.2) is 0 Å². The summed E-state index contributed by atoms with van der Waals surface area (Å²) in [7, 11) is 0. The first kappa shape index (κ1) is 20.6. The lowest BCUT2D eigenvalue weighted by Crippen LogP contribution is -2.36. The Morgan fingerprint density at radius 1 is 1.42 bits per heavy atom. The molecule has 146 valence electrons. The quantitative estimate of drug-likeness (QED) is 0.572. The fourth-order valence-electron chi connectivity index (χ4n) is 3.61. The van der Waals surface area contributed by atoms with Gasteiger partial charge in [0, 0.05) is 13.0 Å². The molecule has 0 amide bonds. The van der Waals surface area contributed by atoms with E-state index in [9.17, 15) is 14.7 Å². The summed E-state index contributed by atoms with van der Waals surface area (Å²) in [6.07, 6.45) is 5.09. The lowest BCUT2D eigenvalue weighted by atomic mass is 9.82. The van der Waals surface area contributed by atoms with E-state index in [1.807, 2.05) is 13.0 Å². The second kappa shape index (κ2) is 9.33. The average molecular weight is 366 g/mol. The molecule has 2 rings (SSSR count). The summed E-state index contributed by atoms with van der Waals surface area (Å²) in [6.45, 7) is 5.40. The van der Waals surface area contributed by atoms with Crippen LogP contribution in [0.3, 0.4) is 0 Å². The van der Waals surface area contributed by atoms with Crippen molar-refractivity contribution in [3.05, 3.63) is 23.3 Å². The van der Waals surface area contributed by atoms with Gasteiger partial charge in [-0.1, -0.05) is 25.5 Å². The SMILES string of the molecule is C/C1=C/CC/C(CO)=C\[C@H]2OC(=O)[C@@H](C)[C@@H]2[C@@H](OC(=O)C[C@H](C)CO)C1. The van der Waals surface area contributed by atoms with Gasteiger partial charge in [0.05, 0.1) is 24.9 Å². The fraction of sp³-hybridized carbons (Fsp3) is 0.700. The van der Waals surface area contributed by atoms with Crippen molar-refractivity contribution in [3.63, 3.8) is 0 Å². The molecule has 1 aliphatic carbocycles. The van der Waals surface area contributed by atoms with Gasteiger partial charge >= 0.3 is 11.9 Å². The number of carbonyl (C=O) groups is 2. The molecule has 2 N–H and O–H groups in total. The van der Waals surface area contributed by atoms with Crippen molar-refractivity contribution < 1.29 is 29.3 Å². The fourth-order valence-corrected chi connectivity index (χ4v) is 3.61. The van der Waals surface area contributed by atoms with E-state index in [2.05, 4.69) is 6.08 Å². The topological polar surface area (TPSA) is 93.1 Å². The predicted molar refractivity (Wildman–Crippen MR) is 96.1 cm³/mol. The van der Waals surface area contributed by atoms with E-state index >= 15 is 0 Å². The van der Waals surface area contributed by atoms with E-state index in [-0.39, 0.29) is 43.4 Å². The Balaban J connectivity index is 2.29. The number of fused-ring (bicyclic) bond motifs is 1. The summed E-state index contributed by atoms with van der Waals surface area (Å²) in [5.74, 6) is -1.54. The van der Waals surface area contributed by atoms with Crippen molar-refractivity contribution in [2.45, 2.75) is 58.7 Å². The van der Waals surface area contributed by atoms with Crippen LogP contribution in [0, 0.1) is 17.8 Å². The number of rotatable bonds is 5. The Bertz CT molecular complexity index is 579. The molecule has 0 bridgehead atoms. The van der Waals surface area contributed by atoms with Crippen molar-refractivity contribution in [3.8, 4) is 0 Å². The van der Waals surface area contributed by atoms with Gasteiger partial charge in [0.2, 0.25) is 0 Å². The smallest absolute Gasteiger partial charge is 0.309 e. The highest BCUT2D eigenvalue weighted by atomic mass is 16.6. The number of aliphatic hydroxyl groups excluding tert-OH is 2. The zero-order valence-corrected chi connectivity index (χ0v) is 15.8. The van der Waals surface area contributed by atoms with E-state index in [0.717, 1.165) is 17.6 Å². The van der Waals surface area contributed by atoms with Gasteiger partial charge in [0.1, 0.15) is 12.2 Å². The number of carbonyl (C=O) groups excluding carboxylic acids is 2. The minimum absolute atomic E-state index is 0.0780. The Morgan fingerprint density at radius 2 is 2.15 bits per heavy atom. The number of hydrogen-bond donors (Lipinski definition) is 2. The third kappa shape index (κ3) is 5.17. The van der Waals surface area contributed by atoms with Crippen molar-refractivity contribution in [1.82, 2.24) is 0 Å². The highest BCUT2D eigenvalue weighted by molar-refractivity contribution is 5.76. The molecule has 1 fully saturated rings. The van der Waals surface area contributed by atoms with Crippen LogP contribution in [0.4, 0.5) is 0 Å². The van der Waals surface area contributed by atoms with Gasteiger partial charge < -0.3 is 19.7 Å². The maximum absolute atomic E-state index is 12.3. The van der Waals surface area contributed by atoms with Gasteiger partial charge in [0.25, 0.3) is 0 Å². The summed E-state index contributed by atoms with van der Waals surface area (Å²) < 4.78 is 11.3. The van der Waals surface area contributed by atoms with Crippen molar-refractivity contribution in [2.24, 2.45) is 17.8 Å². The Labute approximate surface area is 154 Å². The highest BCUT2D eigenvalue weighted by Gasteiger charge is 2.47. The lowest BCUT2D eigenvalue weighted by molar-refractivity contribution is -0.154. The standard InChI is InChI=1S/C20H30O6/c1-12-5-4-6-15(11-22)9-17-19(14(3)20(24)26-17)16(7-12)25-18(23)8-13(2)10-21/h5,9,13-14,16-17,19,21-22H,4,6-8,10-11H2,1-3H3/b12-5-,15-9+/t13-,14-,16-,17+,19+/m0/s1. The Hall–Kier alpha value is -1.66. The first-order chi connectivity index (χ1) is 12.3. The van der Waals surface area contributed by atoms with Crippen LogP contribution >= 0.6 is 0 Å². The minimum atomic E-state index is -0.501. The van der Waals surface area contributed by atoms with Crippen LogP contribution in [0.1, 0.15) is 46.5 Å². The number of ether oxygens (including phenoxy) is 2. The van der Waals surface area contributed by atoms with E-state index < -0.39 is 18.1 Å². The molecule has 0 aromatic rings. The van der Waals surface area contributed by atoms with Crippen LogP contribution in [0.2, 0.25) is 0 Å². The van der Waals surface area contributed by atoms with Crippen molar-refractivity contribution in [1.29, 1.82) is 0 Å². The molecule has 0 unspecified atom stereocenters. The van der Waals surface area contributed by atoms with E-state index in [1.165, 1.54) is 0 Å². The van der Waals surface area contributed by atoms with Crippen molar-refractivity contribution >= 4 is 11.9 Å². The minimum Gasteiger partial charge on any atom is -0.462 e. The third-order valence-electron chi connectivity index (χ3n) is 5.20. The summed E-state index contributed by atoms with van der Waals surface area (Å²) >= 11 is 0. The molecule has 6 nitrogen and oxygen atoms in total. The molecule has 0 spiro atoms. The van der Waals surface area contributed by atoms with Crippen LogP contribution < -0.4 is 0 Å². The number of allylic oxidation sites excluding steroid dienone is 1. The molecule has 2 aliphatic rings. The molecule has 1 heterocycles. The van der Waals surface area contributed by atoms with Crippen LogP contribution in [0.25, 0.3) is 0 Å². The largest absolute Gasteiger partial charge is 0.462 e. The molecule has 0 aromatic carbocycles. The maximum atomic E-state index is 12.3. The molecule has 6 heteroatoms. The van der Waals surface area contributed by atoms with Crippen LogP contribution in [0.15, 0.2) is 23.3 Å². The van der Waals surface area contributed by atoms with E-state index in [0.29, 0.717) is 12.8 Å². The molecule has 0 saturated carbocycles. The highest BCUT2D eigenvalue weighted by Crippen LogP contribution is 2.37. The normalized spacial score (nSPS) is 34.6. The molecular weight excluding hydrogens is 336 g/mol. The summed E-state index contributed by atoms with van der Waals surface area (Å²) in [5, 5.41) is 18.7. The van der Waals surface area contributed by atoms with Crippen LogP contribution in [-0.2, 0) is 19.1 Å². The maximum Gasteiger partial charge on any atom is 0.309 e. The first-order valence-corrected chi connectivity index (χ1v) is 9.32. The van der Waals surface area contributed by atoms with Crippen molar-refractivity contribution in [2.75, 3.05) is 13.2 Å². The van der Waals surface area contributed by atoms with Crippen LogP contribution in [0.5, 0.6) is 0 Å². The van der Waals surface area contributed by atoms with Crippen LogP contribution in [-0.4, -0.2) is 47.6 Å². The Morgan fingerprint density at radius 3 is 2.81 bits per heavy atom. The lowest BCUT2D eigenvalue weighted by Gasteiger charge is -2.29.